The van der Waals surface area contributed by atoms with Crippen LogP contribution in [0.1, 0.15) is 165 Å². The number of hydrogen-bond acceptors (Lipinski definition) is 5. The third-order valence-electron chi connectivity index (χ3n) is 17.0. The number of rotatable bonds is 10. The molecule has 6 nitrogen and oxygen atoms in total. The SMILES string of the molecule is CC(C)C1=C2[C@H]3CC[C@@H]4[C@@]5(C)CC[C@H](OC(=O)CC(C)(C)C(=O)O)C(C)(C)[C@@H]5CC[C@@]4(C)[C@]3(C)CC[C@@]2(C(=O)CNCC2CCCCC2)CC1. The molecule has 2 N–H and O–H groups in total. The van der Waals surface area contributed by atoms with E-state index in [0.717, 1.165) is 57.4 Å². The smallest absolute Gasteiger partial charge is 0.309 e. The molecule has 0 aliphatic heterocycles. The summed E-state index contributed by atoms with van der Waals surface area (Å²) in [6, 6.07) is 0. The summed E-state index contributed by atoms with van der Waals surface area (Å²) in [5.41, 5.74) is 2.09. The molecule has 0 bridgehead atoms. The van der Waals surface area contributed by atoms with Crippen molar-refractivity contribution >= 4 is 17.7 Å². The highest BCUT2D eigenvalue weighted by atomic mass is 16.5. The third kappa shape index (κ3) is 5.96. The largest absolute Gasteiger partial charge is 0.481 e. The van der Waals surface area contributed by atoms with Crippen molar-refractivity contribution in [3.8, 4) is 0 Å². The topological polar surface area (TPSA) is 92.7 Å². The molecule has 0 unspecified atom stereocenters. The monoisotopic (exact) mass is 694 g/mol. The molecule has 5 fully saturated rings. The first-order valence-corrected chi connectivity index (χ1v) is 20.7. The quantitative estimate of drug-likeness (QED) is 0.175. The van der Waals surface area contributed by atoms with Crippen molar-refractivity contribution in [1.82, 2.24) is 5.32 Å². The predicted molar refractivity (Wildman–Crippen MR) is 199 cm³/mol. The van der Waals surface area contributed by atoms with Crippen LogP contribution in [0.15, 0.2) is 11.1 Å². The summed E-state index contributed by atoms with van der Waals surface area (Å²) in [4.78, 5) is 39.3. The molecule has 0 aromatic rings. The van der Waals surface area contributed by atoms with Crippen molar-refractivity contribution in [3.05, 3.63) is 11.1 Å². The number of carboxylic acids is 1. The number of ether oxygens (including phenoxy) is 1. The first kappa shape index (κ1) is 38.0. The Labute approximate surface area is 304 Å². The van der Waals surface area contributed by atoms with Crippen LogP contribution in [0.5, 0.6) is 0 Å². The summed E-state index contributed by atoms with van der Waals surface area (Å²) in [6.07, 6.45) is 17.2. The molecule has 0 amide bonds. The lowest BCUT2D eigenvalue weighted by atomic mass is 9.33. The molecular formula is C44H71NO5. The number of aliphatic carboxylic acids is 1. The Balaban J connectivity index is 1.23. The normalized spacial score (nSPS) is 40.0. The summed E-state index contributed by atoms with van der Waals surface area (Å²) in [7, 11) is 0. The van der Waals surface area contributed by atoms with Crippen molar-refractivity contribution in [3.63, 3.8) is 0 Å². The second kappa shape index (κ2) is 13.3. The lowest BCUT2D eigenvalue weighted by Crippen LogP contribution is -2.66. The molecule has 0 aromatic heterocycles. The summed E-state index contributed by atoms with van der Waals surface area (Å²) >= 11 is 0. The molecule has 0 heterocycles. The van der Waals surface area contributed by atoms with E-state index in [1.165, 1.54) is 51.4 Å². The summed E-state index contributed by atoms with van der Waals surface area (Å²) < 4.78 is 6.19. The number of esters is 1. The summed E-state index contributed by atoms with van der Waals surface area (Å²) in [5.74, 6) is 1.83. The van der Waals surface area contributed by atoms with Gasteiger partial charge in [0, 0.05) is 5.41 Å². The second-order valence-corrected chi connectivity index (χ2v) is 20.6. The van der Waals surface area contributed by atoms with Gasteiger partial charge in [0.05, 0.1) is 23.8 Å². The van der Waals surface area contributed by atoms with Crippen LogP contribution in [0.25, 0.3) is 0 Å². The number of allylic oxidation sites excluding steroid dienone is 2. The van der Waals surface area contributed by atoms with E-state index in [4.69, 9.17) is 4.74 Å². The fourth-order valence-electron chi connectivity index (χ4n) is 13.9. The fourth-order valence-corrected chi connectivity index (χ4v) is 13.9. The molecule has 0 aromatic carbocycles. The average molecular weight is 694 g/mol. The van der Waals surface area contributed by atoms with Gasteiger partial charge in [-0.1, -0.05) is 78.9 Å². The lowest BCUT2D eigenvalue weighted by molar-refractivity contribution is -0.233. The molecule has 6 heteroatoms. The Morgan fingerprint density at radius 1 is 0.840 bits per heavy atom. The maximum Gasteiger partial charge on any atom is 0.309 e. The van der Waals surface area contributed by atoms with Gasteiger partial charge in [0.15, 0.2) is 5.78 Å². The van der Waals surface area contributed by atoms with Gasteiger partial charge in [0.1, 0.15) is 6.10 Å². The minimum absolute atomic E-state index is 0.105. The minimum Gasteiger partial charge on any atom is -0.481 e. The zero-order chi connectivity index (χ0) is 36.5. The Morgan fingerprint density at radius 2 is 1.54 bits per heavy atom. The molecule has 6 aliphatic carbocycles. The molecule has 0 radical (unpaired) electrons. The number of ketones is 1. The number of nitrogens with one attached hydrogen (secondary N) is 1. The van der Waals surface area contributed by atoms with E-state index >= 15 is 0 Å². The zero-order valence-corrected chi connectivity index (χ0v) is 33.3. The van der Waals surface area contributed by atoms with E-state index in [1.807, 2.05) is 0 Å². The van der Waals surface area contributed by atoms with Crippen LogP contribution in [0, 0.1) is 62.1 Å². The van der Waals surface area contributed by atoms with Crippen molar-refractivity contribution in [2.75, 3.05) is 13.1 Å². The number of carbonyl (C=O) groups excluding carboxylic acids is 2. The molecule has 282 valence electrons. The van der Waals surface area contributed by atoms with Gasteiger partial charge in [-0.2, -0.15) is 0 Å². The zero-order valence-electron chi connectivity index (χ0n) is 33.3. The van der Waals surface area contributed by atoms with Crippen molar-refractivity contribution < 1.29 is 24.2 Å². The van der Waals surface area contributed by atoms with Gasteiger partial charge in [-0.25, -0.2) is 0 Å². The Kier molecular flexibility index (Phi) is 10.1. The Bertz CT molecular complexity index is 1370. The number of carboxylic acid groups (broad SMARTS) is 1. The minimum atomic E-state index is -1.14. The number of carbonyl (C=O) groups is 3. The molecule has 0 spiro atoms. The van der Waals surface area contributed by atoms with Gasteiger partial charge in [0.25, 0.3) is 0 Å². The molecule has 0 saturated heterocycles. The van der Waals surface area contributed by atoms with Crippen molar-refractivity contribution in [1.29, 1.82) is 0 Å². The van der Waals surface area contributed by atoms with Gasteiger partial charge < -0.3 is 15.2 Å². The van der Waals surface area contributed by atoms with Gasteiger partial charge >= 0.3 is 11.9 Å². The summed E-state index contributed by atoms with van der Waals surface area (Å²) in [6.45, 7) is 21.9. The number of Topliss-reactive ketones (excluding diaryl/α,β-unsaturated/α-hetero) is 1. The average Bonchev–Trinajstić information content (AvgIpc) is 3.44. The van der Waals surface area contributed by atoms with E-state index in [9.17, 15) is 19.5 Å². The van der Waals surface area contributed by atoms with Crippen LogP contribution in [0.3, 0.4) is 0 Å². The first-order chi connectivity index (χ1) is 23.3. The van der Waals surface area contributed by atoms with Crippen LogP contribution in [0.4, 0.5) is 0 Å². The molecule has 8 atom stereocenters. The molecule has 6 rings (SSSR count). The first-order valence-electron chi connectivity index (χ1n) is 20.7. The summed E-state index contributed by atoms with van der Waals surface area (Å²) in [5, 5.41) is 13.3. The van der Waals surface area contributed by atoms with Gasteiger partial charge in [-0.05, 0) is 143 Å². The second-order valence-electron chi connectivity index (χ2n) is 20.6. The van der Waals surface area contributed by atoms with Crippen LogP contribution in [-0.2, 0) is 19.1 Å². The highest BCUT2D eigenvalue weighted by molar-refractivity contribution is 5.91. The number of hydrogen-bond donors (Lipinski definition) is 2. The van der Waals surface area contributed by atoms with E-state index in [0.29, 0.717) is 36.0 Å². The highest BCUT2D eigenvalue weighted by Gasteiger charge is 2.70. The Morgan fingerprint density at radius 3 is 2.20 bits per heavy atom. The number of fused-ring (bicyclic) bond motifs is 7. The molecule has 50 heavy (non-hydrogen) atoms. The maximum atomic E-state index is 14.5. The third-order valence-corrected chi connectivity index (χ3v) is 17.0. The van der Waals surface area contributed by atoms with Gasteiger partial charge in [-0.15, -0.1) is 0 Å². The van der Waals surface area contributed by atoms with Crippen LogP contribution >= 0.6 is 0 Å². The van der Waals surface area contributed by atoms with Crippen LogP contribution in [-0.4, -0.2) is 42.0 Å². The molecule has 6 aliphatic rings. The van der Waals surface area contributed by atoms with E-state index in [-0.39, 0.29) is 45.6 Å². The Hall–Kier alpha value is -1.69. The van der Waals surface area contributed by atoms with E-state index in [1.54, 1.807) is 25.0 Å². The maximum absolute atomic E-state index is 14.5. The highest BCUT2D eigenvalue weighted by Crippen LogP contribution is 2.77. The van der Waals surface area contributed by atoms with Crippen LogP contribution < -0.4 is 5.32 Å². The van der Waals surface area contributed by atoms with Gasteiger partial charge in [0.2, 0.25) is 0 Å². The lowest BCUT2D eigenvalue weighted by Gasteiger charge is -2.72. The fraction of sp³-hybridized carbons (Fsp3) is 0.886. The molecular weight excluding hydrogens is 622 g/mol. The van der Waals surface area contributed by atoms with E-state index in [2.05, 4.69) is 53.8 Å². The van der Waals surface area contributed by atoms with Crippen molar-refractivity contribution in [2.45, 2.75) is 171 Å². The van der Waals surface area contributed by atoms with Gasteiger partial charge in [-0.3, -0.25) is 14.4 Å². The van der Waals surface area contributed by atoms with Crippen molar-refractivity contribution in [2.24, 2.45) is 62.1 Å². The van der Waals surface area contributed by atoms with Crippen LogP contribution in [0.2, 0.25) is 0 Å². The van der Waals surface area contributed by atoms with E-state index < -0.39 is 11.4 Å². The molecule has 5 saturated carbocycles. The predicted octanol–water partition coefficient (Wildman–Crippen LogP) is 9.94. The standard InChI is InChI=1S/C44H71NO5/c1-28(2)30-17-22-44(34(46)27-45-26-29-13-11-10-12-14-29)24-23-42(8)31(37(30)44)15-16-33-41(7)20-19-35(50-36(47)25-39(3,4)38(48)49)40(5,6)32(41)18-21-43(33,42)9/h28-29,31-33,35,45H,10-27H2,1-9H3,(H,48,49)/t31-,32+,33-,35+,41+,42-,43-,44-/m1/s1.